The lowest BCUT2D eigenvalue weighted by atomic mass is 10.0. The van der Waals surface area contributed by atoms with Gasteiger partial charge in [0, 0.05) is 39.8 Å². The predicted molar refractivity (Wildman–Crippen MR) is 112 cm³/mol. The number of aromatic nitrogens is 1. The Morgan fingerprint density at radius 1 is 0.923 bits per heavy atom. The summed E-state index contributed by atoms with van der Waals surface area (Å²) in [6.07, 6.45) is 7.68. The molecule has 0 bridgehead atoms. The van der Waals surface area contributed by atoms with Gasteiger partial charge in [-0.15, -0.1) is 0 Å². The van der Waals surface area contributed by atoms with Crippen LogP contribution in [0.25, 0.3) is 21.8 Å². The van der Waals surface area contributed by atoms with Crippen molar-refractivity contribution in [3.8, 4) is 0 Å². The molecular weight excluding hydrogens is 318 g/mol. The van der Waals surface area contributed by atoms with Crippen LogP contribution < -0.4 is 0 Å². The van der Waals surface area contributed by atoms with Crippen LogP contribution in [0.2, 0.25) is 0 Å². The summed E-state index contributed by atoms with van der Waals surface area (Å²) in [5.74, 6) is 0.281. The Balaban J connectivity index is 1.91. The third kappa shape index (κ3) is 3.70. The van der Waals surface area contributed by atoms with E-state index in [1.54, 1.807) is 0 Å². The van der Waals surface area contributed by atoms with E-state index in [1.807, 2.05) is 6.07 Å². The van der Waals surface area contributed by atoms with Gasteiger partial charge in [0.15, 0.2) is 5.78 Å². The highest BCUT2D eigenvalue weighted by Crippen LogP contribution is 2.33. The van der Waals surface area contributed by atoms with Crippen LogP contribution in [0, 0.1) is 0 Å². The summed E-state index contributed by atoms with van der Waals surface area (Å²) in [6.45, 7) is 6.71. The third-order valence-electron chi connectivity index (χ3n) is 5.57. The highest BCUT2D eigenvalue weighted by molar-refractivity contribution is 6.11. The number of fused-ring (bicyclic) bond motifs is 3. The number of carbonyl (C=O) groups is 1. The maximum absolute atomic E-state index is 12.6. The zero-order valence-corrected chi connectivity index (χ0v) is 16.4. The highest BCUT2D eigenvalue weighted by atomic mass is 16.1. The van der Waals surface area contributed by atoms with E-state index < -0.39 is 0 Å². The minimum Gasteiger partial charge on any atom is -0.338 e. The van der Waals surface area contributed by atoms with E-state index in [4.69, 9.17) is 0 Å². The molecule has 1 atom stereocenters. The van der Waals surface area contributed by atoms with Gasteiger partial charge in [-0.3, -0.25) is 4.79 Å². The molecule has 0 saturated heterocycles. The number of para-hydroxylation sites is 1. The largest absolute Gasteiger partial charge is 0.338 e. The van der Waals surface area contributed by atoms with Crippen LogP contribution in [0.3, 0.4) is 0 Å². The molecule has 138 valence electrons. The number of Topliss-reactive ketones (excluding diaryl/α,β-unsaturated/α-hetero) is 1. The Hall–Kier alpha value is -2.09. The normalized spacial score (nSPS) is 12.7. The molecule has 0 aliphatic rings. The molecule has 0 amide bonds. The van der Waals surface area contributed by atoms with Gasteiger partial charge in [-0.05, 0) is 44.0 Å². The molecule has 2 nitrogen and oxygen atoms in total. The number of nitrogens with zero attached hydrogens (tertiary/aromatic N) is 1. The molecular formula is C24H31NO. The molecule has 1 heterocycles. The second kappa shape index (κ2) is 8.53. The van der Waals surface area contributed by atoms with Gasteiger partial charge >= 0.3 is 0 Å². The van der Waals surface area contributed by atoms with Gasteiger partial charge in [-0.25, -0.2) is 0 Å². The lowest BCUT2D eigenvalue weighted by Gasteiger charge is -2.14. The first-order valence-electron chi connectivity index (χ1n) is 10.2. The van der Waals surface area contributed by atoms with Crippen molar-refractivity contribution in [3.05, 3.63) is 48.0 Å². The molecule has 0 aliphatic carbocycles. The van der Waals surface area contributed by atoms with Crippen LogP contribution >= 0.6 is 0 Å². The summed E-state index contributed by atoms with van der Waals surface area (Å²) in [5, 5.41) is 2.46. The maximum atomic E-state index is 12.6. The summed E-state index contributed by atoms with van der Waals surface area (Å²) in [4.78, 5) is 12.6. The van der Waals surface area contributed by atoms with Crippen molar-refractivity contribution in [2.75, 3.05) is 0 Å². The number of carbonyl (C=O) groups excluding carboxylic acids is 1. The topological polar surface area (TPSA) is 22.0 Å². The van der Waals surface area contributed by atoms with Crippen molar-refractivity contribution in [3.63, 3.8) is 0 Å². The summed E-state index contributed by atoms with van der Waals surface area (Å²) in [5.41, 5.74) is 3.36. The van der Waals surface area contributed by atoms with Crippen LogP contribution in [0.1, 0.15) is 82.1 Å². The van der Waals surface area contributed by atoms with Crippen molar-refractivity contribution in [1.29, 1.82) is 0 Å². The van der Waals surface area contributed by atoms with Gasteiger partial charge in [-0.1, -0.05) is 57.7 Å². The zero-order valence-electron chi connectivity index (χ0n) is 16.4. The van der Waals surface area contributed by atoms with Gasteiger partial charge in [0.05, 0.1) is 0 Å². The smallest absolute Gasteiger partial charge is 0.162 e. The molecule has 0 saturated carbocycles. The van der Waals surface area contributed by atoms with Gasteiger partial charge in [0.2, 0.25) is 0 Å². The Morgan fingerprint density at radius 3 is 2.42 bits per heavy atom. The SMILES string of the molecule is CCCCCCCC(=O)c1ccc2c(c1)c1ccccc1n2C(C)CC. The van der Waals surface area contributed by atoms with E-state index in [0.29, 0.717) is 12.5 Å². The lowest BCUT2D eigenvalue weighted by Crippen LogP contribution is -2.03. The van der Waals surface area contributed by atoms with Crippen molar-refractivity contribution < 1.29 is 4.79 Å². The number of benzene rings is 2. The van der Waals surface area contributed by atoms with E-state index >= 15 is 0 Å². The number of rotatable bonds is 9. The Bertz CT molecular complexity index is 890. The van der Waals surface area contributed by atoms with E-state index in [2.05, 4.69) is 61.7 Å². The summed E-state index contributed by atoms with van der Waals surface area (Å²) < 4.78 is 2.42. The molecule has 3 aromatic rings. The zero-order chi connectivity index (χ0) is 18.5. The van der Waals surface area contributed by atoms with Crippen molar-refractivity contribution >= 4 is 27.6 Å². The highest BCUT2D eigenvalue weighted by Gasteiger charge is 2.15. The number of ketones is 1. The van der Waals surface area contributed by atoms with Gasteiger partial charge < -0.3 is 4.57 Å². The Morgan fingerprint density at radius 2 is 1.65 bits per heavy atom. The first-order chi connectivity index (χ1) is 12.7. The summed E-state index contributed by atoms with van der Waals surface area (Å²) in [6, 6.07) is 15.3. The average molecular weight is 350 g/mol. The van der Waals surface area contributed by atoms with Crippen LogP contribution in [0.5, 0.6) is 0 Å². The number of hydrogen-bond donors (Lipinski definition) is 0. The van der Waals surface area contributed by atoms with Crippen LogP contribution in [-0.4, -0.2) is 10.4 Å². The summed E-state index contributed by atoms with van der Waals surface area (Å²) >= 11 is 0. The van der Waals surface area contributed by atoms with Crippen molar-refractivity contribution in [2.45, 2.75) is 71.8 Å². The fourth-order valence-electron chi connectivity index (χ4n) is 3.87. The fourth-order valence-corrected chi connectivity index (χ4v) is 3.87. The van der Waals surface area contributed by atoms with Crippen LogP contribution in [0.4, 0.5) is 0 Å². The molecule has 2 aromatic carbocycles. The summed E-state index contributed by atoms with van der Waals surface area (Å²) in [7, 11) is 0. The molecule has 26 heavy (non-hydrogen) atoms. The Kier molecular flexibility index (Phi) is 6.13. The molecule has 0 spiro atoms. The van der Waals surface area contributed by atoms with E-state index in [0.717, 1.165) is 24.8 Å². The standard InChI is InChI=1S/C24H31NO/c1-4-6-7-8-9-14-24(26)19-15-16-23-21(17-19)20-12-10-11-13-22(20)25(23)18(3)5-2/h10-13,15-18H,4-9,14H2,1-3H3. The van der Waals surface area contributed by atoms with Gasteiger partial charge in [-0.2, -0.15) is 0 Å². The fraction of sp³-hybridized carbons (Fsp3) is 0.458. The third-order valence-corrected chi connectivity index (χ3v) is 5.57. The first-order valence-corrected chi connectivity index (χ1v) is 10.2. The minimum atomic E-state index is 0.281. The predicted octanol–water partition coefficient (Wildman–Crippen LogP) is 7.31. The Labute approximate surface area is 157 Å². The lowest BCUT2D eigenvalue weighted by molar-refractivity contribution is 0.0979. The first kappa shape index (κ1) is 18.7. The number of unbranched alkanes of at least 4 members (excludes halogenated alkanes) is 4. The quantitative estimate of drug-likeness (QED) is 0.293. The second-order valence-corrected chi connectivity index (χ2v) is 7.46. The van der Waals surface area contributed by atoms with E-state index in [-0.39, 0.29) is 5.78 Å². The molecule has 1 unspecified atom stereocenters. The van der Waals surface area contributed by atoms with Crippen molar-refractivity contribution in [2.24, 2.45) is 0 Å². The molecule has 1 aromatic heterocycles. The minimum absolute atomic E-state index is 0.281. The monoisotopic (exact) mass is 349 g/mol. The molecule has 2 heteroatoms. The van der Waals surface area contributed by atoms with Gasteiger partial charge in [0.25, 0.3) is 0 Å². The average Bonchev–Trinajstić information content (AvgIpc) is 3.01. The molecule has 3 rings (SSSR count). The maximum Gasteiger partial charge on any atom is 0.162 e. The van der Waals surface area contributed by atoms with Crippen LogP contribution in [-0.2, 0) is 0 Å². The molecule has 0 N–H and O–H groups in total. The van der Waals surface area contributed by atoms with Crippen molar-refractivity contribution in [1.82, 2.24) is 4.57 Å². The van der Waals surface area contributed by atoms with Gasteiger partial charge in [0.1, 0.15) is 0 Å². The van der Waals surface area contributed by atoms with Crippen LogP contribution in [0.15, 0.2) is 42.5 Å². The van der Waals surface area contributed by atoms with E-state index in [9.17, 15) is 4.79 Å². The molecule has 0 fully saturated rings. The second-order valence-electron chi connectivity index (χ2n) is 7.46. The number of hydrogen-bond acceptors (Lipinski definition) is 1. The molecule has 0 aliphatic heterocycles. The van der Waals surface area contributed by atoms with E-state index in [1.165, 1.54) is 41.1 Å². The molecule has 0 radical (unpaired) electrons.